The number of unbranched alkanes of at least 4 members (excludes halogenated alkanes) is 1. The average molecular weight is 241 g/mol. The fourth-order valence-corrected chi connectivity index (χ4v) is 1.81. The lowest BCUT2D eigenvalue weighted by Crippen LogP contribution is -2.13. The molecule has 0 bridgehead atoms. The predicted octanol–water partition coefficient (Wildman–Crippen LogP) is 2.38. The standard InChI is InChI=1S/C11H19N3OS/c1-3-5-6-8-15-11-14-13-10(16-11)9-12-7-4-2/h3,12H,1,4-9H2,2H3. The van der Waals surface area contributed by atoms with Gasteiger partial charge in [0.25, 0.3) is 5.19 Å². The van der Waals surface area contributed by atoms with Crippen LogP contribution < -0.4 is 10.1 Å². The van der Waals surface area contributed by atoms with Gasteiger partial charge in [-0.25, -0.2) is 0 Å². The third kappa shape index (κ3) is 5.23. The van der Waals surface area contributed by atoms with E-state index in [1.807, 2.05) is 6.08 Å². The second kappa shape index (κ2) is 8.24. The molecule has 1 aromatic rings. The molecule has 0 aromatic carbocycles. The number of hydrogen-bond donors (Lipinski definition) is 1. The van der Waals surface area contributed by atoms with E-state index < -0.39 is 0 Å². The van der Waals surface area contributed by atoms with E-state index in [1.165, 1.54) is 11.3 Å². The Morgan fingerprint density at radius 2 is 2.38 bits per heavy atom. The maximum absolute atomic E-state index is 5.46. The van der Waals surface area contributed by atoms with Crippen LogP contribution in [0.4, 0.5) is 0 Å². The molecule has 0 saturated carbocycles. The highest BCUT2D eigenvalue weighted by Crippen LogP contribution is 2.17. The first-order valence-electron chi connectivity index (χ1n) is 5.63. The van der Waals surface area contributed by atoms with Crippen LogP contribution in [0.2, 0.25) is 0 Å². The Morgan fingerprint density at radius 3 is 3.12 bits per heavy atom. The van der Waals surface area contributed by atoms with Crippen molar-refractivity contribution in [1.82, 2.24) is 15.5 Å². The Morgan fingerprint density at radius 1 is 1.50 bits per heavy atom. The summed E-state index contributed by atoms with van der Waals surface area (Å²) in [5, 5.41) is 12.9. The number of hydrogen-bond acceptors (Lipinski definition) is 5. The molecule has 0 unspecified atom stereocenters. The summed E-state index contributed by atoms with van der Waals surface area (Å²) < 4.78 is 5.46. The molecule has 0 aliphatic rings. The molecule has 0 atom stereocenters. The van der Waals surface area contributed by atoms with Crippen LogP contribution in [-0.4, -0.2) is 23.3 Å². The summed E-state index contributed by atoms with van der Waals surface area (Å²) in [5.41, 5.74) is 0. The maximum Gasteiger partial charge on any atom is 0.294 e. The molecule has 16 heavy (non-hydrogen) atoms. The van der Waals surface area contributed by atoms with Crippen LogP contribution in [0.5, 0.6) is 5.19 Å². The molecular formula is C11H19N3OS. The summed E-state index contributed by atoms with van der Waals surface area (Å²) in [6, 6.07) is 0. The minimum absolute atomic E-state index is 0.664. The van der Waals surface area contributed by atoms with Crippen molar-refractivity contribution in [3.63, 3.8) is 0 Å². The molecule has 0 aliphatic carbocycles. The Balaban J connectivity index is 2.20. The third-order valence-electron chi connectivity index (χ3n) is 1.93. The summed E-state index contributed by atoms with van der Waals surface area (Å²) in [6.07, 6.45) is 4.98. The van der Waals surface area contributed by atoms with Gasteiger partial charge in [-0.1, -0.05) is 24.3 Å². The van der Waals surface area contributed by atoms with Crippen molar-refractivity contribution in [3.8, 4) is 5.19 Å². The molecule has 0 radical (unpaired) electrons. The Kier molecular flexibility index (Phi) is 6.76. The largest absolute Gasteiger partial charge is 0.469 e. The fraction of sp³-hybridized carbons (Fsp3) is 0.636. The zero-order chi connectivity index (χ0) is 11.6. The van der Waals surface area contributed by atoms with E-state index in [1.54, 1.807) is 0 Å². The van der Waals surface area contributed by atoms with Crippen LogP contribution in [0.1, 0.15) is 31.2 Å². The van der Waals surface area contributed by atoms with Crippen LogP contribution in [0.3, 0.4) is 0 Å². The summed E-state index contributed by atoms with van der Waals surface area (Å²) in [7, 11) is 0. The van der Waals surface area contributed by atoms with Crippen LogP contribution in [-0.2, 0) is 6.54 Å². The molecule has 1 rings (SSSR count). The first-order valence-corrected chi connectivity index (χ1v) is 6.45. The van der Waals surface area contributed by atoms with Gasteiger partial charge in [-0.3, -0.25) is 0 Å². The fourth-order valence-electron chi connectivity index (χ4n) is 1.13. The molecule has 0 saturated heterocycles. The van der Waals surface area contributed by atoms with Gasteiger partial charge < -0.3 is 10.1 Å². The first-order chi connectivity index (χ1) is 7.86. The molecule has 0 aliphatic heterocycles. The van der Waals surface area contributed by atoms with Crippen LogP contribution in [0.25, 0.3) is 0 Å². The van der Waals surface area contributed by atoms with Gasteiger partial charge in [-0.05, 0) is 25.8 Å². The van der Waals surface area contributed by atoms with Crippen molar-refractivity contribution in [2.24, 2.45) is 0 Å². The zero-order valence-electron chi connectivity index (χ0n) is 9.74. The quantitative estimate of drug-likeness (QED) is 0.532. The van der Waals surface area contributed by atoms with Gasteiger partial charge in [-0.15, -0.1) is 16.8 Å². The van der Waals surface area contributed by atoms with E-state index >= 15 is 0 Å². The molecule has 1 aromatic heterocycles. The highest BCUT2D eigenvalue weighted by molar-refractivity contribution is 7.13. The average Bonchev–Trinajstić information content (AvgIpc) is 2.73. The van der Waals surface area contributed by atoms with E-state index in [0.29, 0.717) is 11.8 Å². The van der Waals surface area contributed by atoms with Crippen molar-refractivity contribution in [3.05, 3.63) is 17.7 Å². The minimum atomic E-state index is 0.664. The number of nitrogens with zero attached hydrogens (tertiary/aromatic N) is 2. The Hall–Kier alpha value is -0.940. The smallest absolute Gasteiger partial charge is 0.294 e. The highest BCUT2D eigenvalue weighted by Gasteiger charge is 2.03. The molecule has 0 amide bonds. The molecule has 0 fully saturated rings. The third-order valence-corrected chi connectivity index (χ3v) is 2.77. The normalized spacial score (nSPS) is 10.3. The van der Waals surface area contributed by atoms with Gasteiger partial charge in [0.15, 0.2) is 0 Å². The molecule has 5 heteroatoms. The second-order valence-corrected chi connectivity index (χ2v) is 4.44. The maximum atomic E-state index is 5.46. The first kappa shape index (κ1) is 13.1. The summed E-state index contributed by atoms with van der Waals surface area (Å²) in [4.78, 5) is 0. The second-order valence-electron chi connectivity index (χ2n) is 3.42. The van der Waals surface area contributed by atoms with Gasteiger partial charge >= 0.3 is 0 Å². The van der Waals surface area contributed by atoms with E-state index in [-0.39, 0.29) is 0 Å². The number of rotatable bonds is 9. The number of ether oxygens (including phenoxy) is 1. The van der Waals surface area contributed by atoms with Gasteiger partial charge in [-0.2, -0.15) is 0 Å². The number of aromatic nitrogens is 2. The van der Waals surface area contributed by atoms with Crippen molar-refractivity contribution in [2.75, 3.05) is 13.2 Å². The van der Waals surface area contributed by atoms with Gasteiger partial charge in [0.1, 0.15) is 5.01 Å². The topological polar surface area (TPSA) is 47.0 Å². The van der Waals surface area contributed by atoms with Crippen LogP contribution >= 0.6 is 11.3 Å². The van der Waals surface area contributed by atoms with Crippen molar-refractivity contribution >= 4 is 11.3 Å². The number of nitrogens with one attached hydrogen (secondary N) is 1. The predicted molar refractivity (Wildman–Crippen MR) is 66.8 cm³/mol. The molecule has 0 spiro atoms. The molecular weight excluding hydrogens is 222 g/mol. The van der Waals surface area contributed by atoms with Gasteiger partial charge in [0, 0.05) is 6.54 Å². The van der Waals surface area contributed by atoms with Crippen molar-refractivity contribution < 1.29 is 4.74 Å². The Bertz CT molecular complexity index is 301. The van der Waals surface area contributed by atoms with E-state index in [0.717, 1.165) is 37.4 Å². The summed E-state index contributed by atoms with van der Waals surface area (Å²) in [6.45, 7) is 8.27. The zero-order valence-corrected chi connectivity index (χ0v) is 10.6. The van der Waals surface area contributed by atoms with E-state index in [2.05, 4.69) is 29.0 Å². The van der Waals surface area contributed by atoms with Gasteiger partial charge in [0.05, 0.1) is 6.61 Å². The van der Waals surface area contributed by atoms with E-state index in [4.69, 9.17) is 4.74 Å². The minimum Gasteiger partial charge on any atom is -0.469 e. The Labute approximate surface area is 101 Å². The molecule has 4 nitrogen and oxygen atoms in total. The molecule has 1 N–H and O–H groups in total. The van der Waals surface area contributed by atoms with Crippen LogP contribution in [0.15, 0.2) is 12.7 Å². The van der Waals surface area contributed by atoms with Gasteiger partial charge in [0.2, 0.25) is 0 Å². The SMILES string of the molecule is C=CCCCOc1nnc(CNCCC)s1. The summed E-state index contributed by atoms with van der Waals surface area (Å²) in [5.74, 6) is 0. The monoisotopic (exact) mass is 241 g/mol. The lowest BCUT2D eigenvalue weighted by Gasteiger charge is -1.98. The lowest BCUT2D eigenvalue weighted by molar-refractivity contribution is 0.308. The van der Waals surface area contributed by atoms with E-state index in [9.17, 15) is 0 Å². The molecule has 90 valence electrons. The summed E-state index contributed by atoms with van der Waals surface area (Å²) >= 11 is 1.51. The van der Waals surface area contributed by atoms with Crippen LogP contribution in [0, 0.1) is 0 Å². The highest BCUT2D eigenvalue weighted by atomic mass is 32.1. The molecule has 1 heterocycles. The van der Waals surface area contributed by atoms with Crippen molar-refractivity contribution in [1.29, 1.82) is 0 Å². The lowest BCUT2D eigenvalue weighted by atomic mass is 10.3. The number of allylic oxidation sites excluding steroid dienone is 1. The van der Waals surface area contributed by atoms with Crippen molar-refractivity contribution in [2.45, 2.75) is 32.7 Å².